The van der Waals surface area contributed by atoms with Gasteiger partial charge in [0.25, 0.3) is 5.91 Å². The lowest BCUT2D eigenvalue weighted by atomic mass is 9.93. The van der Waals surface area contributed by atoms with Gasteiger partial charge in [0.05, 0.1) is 5.56 Å². The molecule has 4 nitrogen and oxygen atoms in total. The zero-order valence-corrected chi connectivity index (χ0v) is 10.8. The van der Waals surface area contributed by atoms with Gasteiger partial charge in [0.1, 0.15) is 11.6 Å². The number of benzene rings is 1. The molecule has 1 fully saturated rings. The molecule has 1 N–H and O–H groups in total. The first-order valence-electron chi connectivity index (χ1n) is 6.43. The number of aliphatic carboxylic acids is 1. The van der Waals surface area contributed by atoms with Gasteiger partial charge in [-0.2, -0.15) is 0 Å². The van der Waals surface area contributed by atoms with Crippen molar-refractivity contribution in [1.82, 2.24) is 4.90 Å². The zero-order valence-electron chi connectivity index (χ0n) is 10.8. The minimum Gasteiger partial charge on any atom is -0.481 e. The predicted molar refractivity (Wildman–Crippen MR) is 67.2 cm³/mol. The summed E-state index contributed by atoms with van der Waals surface area (Å²) in [4.78, 5) is 24.2. The van der Waals surface area contributed by atoms with Crippen molar-refractivity contribution in [3.05, 3.63) is 35.4 Å². The Balaban J connectivity index is 2.01. The van der Waals surface area contributed by atoms with Gasteiger partial charge in [-0.15, -0.1) is 0 Å². The highest BCUT2D eigenvalue weighted by Crippen LogP contribution is 2.22. The van der Waals surface area contributed by atoms with Crippen LogP contribution in [0.2, 0.25) is 0 Å². The standard InChI is InChI=1S/C14H15F2NO3/c15-10-1-2-12(16)11(8-10)14(20)17-5-3-9(4-6-17)7-13(18)19/h1-2,8-9H,3-7H2,(H,18,19). The van der Waals surface area contributed by atoms with E-state index in [-0.39, 0.29) is 17.9 Å². The summed E-state index contributed by atoms with van der Waals surface area (Å²) in [6, 6.07) is 2.78. The summed E-state index contributed by atoms with van der Waals surface area (Å²) in [7, 11) is 0. The molecule has 1 saturated heterocycles. The average Bonchev–Trinajstić information content (AvgIpc) is 2.41. The molecule has 6 heteroatoms. The molecule has 0 atom stereocenters. The number of amides is 1. The second-order valence-electron chi connectivity index (χ2n) is 4.96. The van der Waals surface area contributed by atoms with E-state index in [1.807, 2.05) is 0 Å². The molecule has 0 spiro atoms. The number of likely N-dealkylation sites (tertiary alicyclic amines) is 1. The van der Waals surface area contributed by atoms with Gasteiger partial charge in [0.15, 0.2) is 0 Å². The fraction of sp³-hybridized carbons (Fsp3) is 0.429. The number of rotatable bonds is 3. The minimum absolute atomic E-state index is 0.0360. The van der Waals surface area contributed by atoms with Gasteiger partial charge in [-0.05, 0) is 37.0 Å². The van der Waals surface area contributed by atoms with Crippen LogP contribution in [0.4, 0.5) is 8.78 Å². The zero-order chi connectivity index (χ0) is 14.7. The molecular weight excluding hydrogens is 268 g/mol. The summed E-state index contributed by atoms with van der Waals surface area (Å²) >= 11 is 0. The molecule has 0 aliphatic carbocycles. The van der Waals surface area contributed by atoms with E-state index >= 15 is 0 Å². The number of hydrogen-bond acceptors (Lipinski definition) is 2. The number of carbonyl (C=O) groups excluding carboxylic acids is 1. The SMILES string of the molecule is O=C(O)CC1CCN(C(=O)c2cc(F)ccc2F)CC1. The predicted octanol–water partition coefficient (Wildman–Crippen LogP) is 2.29. The number of piperidine rings is 1. The molecule has 2 rings (SSSR count). The van der Waals surface area contributed by atoms with Gasteiger partial charge >= 0.3 is 5.97 Å². The molecule has 20 heavy (non-hydrogen) atoms. The first-order chi connectivity index (χ1) is 9.47. The Kier molecular flexibility index (Phi) is 4.32. The van der Waals surface area contributed by atoms with E-state index in [2.05, 4.69) is 0 Å². The Morgan fingerprint density at radius 3 is 2.50 bits per heavy atom. The Labute approximate surface area is 115 Å². The van der Waals surface area contributed by atoms with E-state index in [0.717, 1.165) is 18.2 Å². The van der Waals surface area contributed by atoms with Gasteiger partial charge < -0.3 is 10.0 Å². The highest BCUT2D eigenvalue weighted by molar-refractivity contribution is 5.94. The molecule has 1 aliphatic rings. The molecule has 0 saturated carbocycles. The maximum atomic E-state index is 13.5. The van der Waals surface area contributed by atoms with Gasteiger partial charge in [0.2, 0.25) is 0 Å². The Morgan fingerprint density at radius 1 is 1.25 bits per heavy atom. The van der Waals surface area contributed by atoms with E-state index in [1.165, 1.54) is 4.90 Å². The lowest BCUT2D eigenvalue weighted by Crippen LogP contribution is -2.39. The maximum Gasteiger partial charge on any atom is 0.303 e. The highest BCUT2D eigenvalue weighted by atomic mass is 19.1. The lowest BCUT2D eigenvalue weighted by molar-refractivity contribution is -0.138. The Morgan fingerprint density at radius 2 is 1.90 bits per heavy atom. The van der Waals surface area contributed by atoms with Crippen LogP contribution < -0.4 is 0 Å². The van der Waals surface area contributed by atoms with Crippen LogP contribution in [0.25, 0.3) is 0 Å². The molecule has 0 aromatic heterocycles. The molecule has 1 heterocycles. The quantitative estimate of drug-likeness (QED) is 0.926. The van der Waals surface area contributed by atoms with E-state index in [4.69, 9.17) is 5.11 Å². The van der Waals surface area contributed by atoms with E-state index in [9.17, 15) is 18.4 Å². The van der Waals surface area contributed by atoms with E-state index in [1.54, 1.807) is 0 Å². The van der Waals surface area contributed by atoms with Gasteiger partial charge in [-0.3, -0.25) is 9.59 Å². The fourth-order valence-electron chi connectivity index (χ4n) is 2.42. The summed E-state index contributed by atoms with van der Waals surface area (Å²) in [6.07, 6.45) is 1.21. The monoisotopic (exact) mass is 283 g/mol. The number of carbonyl (C=O) groups is 2. The Bertz CT molecular complexity index is 525. The number of nitrogens with zero attached hydrogens (tertiary/aromatic N) is 1. The van der Waals surface area contributed by atoms with Gasteiger partial charge in [-0.1, -0.05) is 0 Å². The maximum absolute atomic E-state index is 13.5. The molecule has 1 aromatic rings. The molecule has 1 aromatic carbocycles. The topological polar surface area (TPSA) is 57.6 Å². The minimum atomic E-state index is -0.856. The van der Waals surface area contributed by atoms with Crippen LogP contribution in [-0.4, -0.2) is 35.0 Å². The number of carboxylic acid groups (broad SMARTS) is 1. The third-order valence-corrected chi connectivity index (χ3v) is 3.52. The molecule has 0 bridgehead atoms. The van der Waals surface area contributed by atoms with Crippen molar-refractivity contribution in [2.45, 2.75) is 19.3 Å². The van der Waals surface area contributed by atoms with Crippen LogP contribution >= 0.6 is 0 Å². The lowest BCUT2D eigenvalue weighted by Gasteiger charge is -2.31. The van der Waals surface area contributed by atoms with Crippen molar-refractivity contribution < 1.29 is 23.5 Å². The summed E-state index contributed by atoms with van der Waals surface area (Å²) in [6.45, 7) is 0.736. The van der Waals surface area contributed by atoms with Crippen molar-refractivity contribution in [2.75, 3.05) is 13.1 Å². The van der Waals surface area contributed by atoms with Crippen LogP contribution in [-0.2, 0) is 4.79 Å². The highest BCUT2D eigenvalue weighted by Gasteiger charge is 2.26. The normalized spacial score (nSPS) is 16.2. The van der Waals surface area contributed by atoms with Crippen LogP contribution in [0, 0.1) is 17.6 Å². The van der Waals surface area contributed by atoms with Crippen molar-refractivity contribution in [3.63, 3.8) is 0 Å². The summed E-state index contributed by atoms with van der Waals surface area (Å²) in [5.74, 6) is -2.77. The van der Waals surface area contributed by atoms with Crippen LogP contribution in [0.15, 0.2) is 18.2 Å². The summed E-state index contributed by atoms with van der Waals surface area (Å²) in [5.41, 5.74) is -0.276. The number of hydrogen-bond donors (Lipinski definition) is 1. The second kappa shape index (κ2) is 5.98. The third kappa shape index (κ3) is 3.31. The van der Waals surface area contributed by atoms with Gasteiger partial charge in [0, 0.05) is 19.5 Å². The summed E-state index contributed by atoms with van der Waals surface area (Å²) < 4.78 is 26.6. The number of halogens is 2. The van der Waals surface area contributed by atoms with Crippen molar-refractivity contribution in [1.29, 1.82) is 0 Å². The smallest absolute Gasteiger partial charge is 0.303 e. The second-order valence-corrected chi connectivity index (χ2v) is 4.96. The molecule has 0 unspecified atom stereocenters. The van der Waals surface area contributed by atoms with Crippen LogP contribution in [0.5, 0.6) is 0 Å². The van der Waals surface area contributed by atoms with E-state index in [0.29, 0.717) is 25.9 Å². The Hall–Kier alpha value is -1.98. The summed E-state index contributed by atoms with van der Waals surface area (Å²) in [5, 5.41) is 8.71. The van der Waals surface area contributed by atoms with Crippen molar-refractivity contribution in [2.24, 2.45) is 5.92 Å². The first kappa shape index (κ1) is 14.4. The van der Waals surface area contributed by atoms with Crippen molar-refractivity contribution >= 4 is 11.9 Å². The van der Waals surface area contributed by atoms with Crippen molar-refractivity contribution in [3.8, 4) is 0 Å². The molecular formula is C14H15F2NO3. The fourth-order valence-corrected chi connectivity index (χ4v) is 2.42. The molecule has 1 aliphatic heterocycles. The van der Waals surface area contributed by atoms with E-state index < -0.39 is 23.5 Å². The largest absolute Gasteiger partial charge is 0.481 e. The molecule has 0 radical (unpaired) electrons. The first-order valence-corrected chi connectivity index (χ1v) is 6.43. The molecule has 1 amide bonds. The van der Waals surface area contributed by atoms with Crippen LogP contribution in [0.1, 0.15) is 29.6 Å². The van der Waals surface area contributed by atoms with Crippen LogP contribution in [0.3, 0.4) is 0 Å². The van der Waals surface area contributed by atoms with Gasteiger partial charge in [-0.25, -0.2) is 8.78 Å². The average molecular weight is 283 g/mol. The molecule has 108 valence electrons. The number of carboxylic acids is 1. The third-order valence-electron chi connectivity index (χ3n) is 3.52.